The van der Waals surface area contributed by atoms with Gasteiger partial charge >= 0.3 is 0 Å². The van der Waals surface area contributed by atoms with Gasteiger partial charge < -0.3 is 10.0 Å². The van der Waals surface area contributed by atoms with Gasteiger partial charge in [0, 0.05) is 18.3 Å². The molecule has 1 aliphatic heterocycles. The lowest BCUT2D eigenvalue weighted by Gasteiger charge is -2.27. The van der Waals surface area contributed by atoms with E-state index in [-0.39, 0.29) is 5.91 Å². The monoisotopic (exact) mass is 368 g/mol. The number of fused-ring (bicyclic) bond motifs is 1. The average molecular weight is 368 g/mol. The van der Waals surface area contributed by atoms with Crippen LogP contribution in [0.4, 0.5) is 0 Å². The molecule has 0 bridgehead atoms. The van der Waals surface area contributed by atoms with Crippen LogP contribution in [0.5, 0.6) is 0 Å². The van der Waals surface area contributed by atoms with E-state index < -0.39 is 6.10 Å². The highest BCUT2D eigenvalue weighted by molar-refractivity contribution is 7.09. The van der Waals surface area contributed by atoms with Crippen LogP contribution in [0.3, 0.4) is 0 Å². The van der Waals surface area contributed by atoms with Crippen LogP contribution in [0.2, 0.25) is 0 Å². The molecule has 1 unspecified atom stereocenters. The van der Waals surface area contributed by atoms with Gasteiger partial charge in [0.05, 0.1) is 35.6 Å². The van der Waals surface area contributed by atoms with Crippen molar-refractivity contribution in [2.45, 2.75) is 32.5 Å². The fourth-order valence-corrected chi connectivity index (χ4v) is 3.89. The van der Waals surface area contributed by atoms with E-state index >= 15 is 0 Å². The van der Waals surface area contributed by atoms with Gasteiger partial charge in [0.1, 0.15) is 5.69 Å². The Morgan fingerprint density at radius 2 is 2.12 bits per heavy atom. The molecule has 6 nitrogen and oxygen atoms in total. The summed E-state index contributed by atoms with van der Waals surface area (Å²) in [5.74, 6) is -0.0494. The number of aliphatic hydroxyl groups excluding tert-OH is 1. The van der Waals surface area contributed by atoms with E-state index in [0.29, 0.717) is 31.0 Å². The Kier molecular flexibility index (Phi) is 4.57. The fraction of sp³-hybridized carbons (Fsp3) is 0.316. The molecule has 1 N–H and O–H groups in total. The third-order valence-corrected chi connectivity index (χ3v) is 5.35. The first-order chi connectivity index (χ1) is 12.6. The van der Waals surface area contributed by atoms with Gasteiger partial charge in [0.15, 0.2) is 0 Å². The number of hydrogen-bond donors (Lipinski definition) is 1. The summed E-state index contributed by atoms with van der Waals surface area (Å²) in [4.78, 5) is 19.1. The van der Waals surface area contributed by atoms with E-state index in [1.807, 2.05) is 34.3 Å². The van der Waals surface area contributed by atoms with Crippen molar-refractivity contribution in [3.63, 3.8) is 0 Å². The lowest BCUT2D eigenvalue weighted by Crippen LogP contribution is -2.38. The summed E-state index contributed by atoms with van der Waals surface area (Å²) in [6.07, 6.45) is 0.139. The molecule has 3 heterocycles. The van der Waals surface area contributed by atoms with Gasteiger partial charge in [-0.2, -0.15) is 5.10 Å². The van der Waals surface area contributed by atoms with Gasteiger partial charge in [-0.3, -0.25) is 9.48 Å². The molecule has 26 heavy (non-hydrogen) atoms. The zero-order valence-corrected chi connectivity index (χ0v) is 15.3. The molecule has 7 heteroatoms. The van der Waals surface area contributed by atoms with Crippen molar-refractivity contribution in [1.82, 2.24) is 19.7 Å². The third kappa shape index (κ3) is 3.40. The molecule has 0 radical (unpaired) electrons. The van der Waals surface area contributed by atoms with Crippen molar-refractivity contribution in [2.75, 3.05) is 6.54 Å². The largest absolute Gasteiger partial charge is 0.387 e. The van der Waals surface area contributed by atoms with Crippen molar-refractivity contribution < 1.29 is 9.90 Å². The summed E-state index contributed by atoms with van der Waals surface area (Å²) in [5, 5.41) is 16.9. The standard InChI is InChI=1S/C19H20N4O2S/c1-13(24)16-10-15-11-22(7-8-23(15)21-16)19(25)17-12-26-18(20-17)9-14-5-3-2-4-6-14/h2-6,10,12-13,24H,7-9,11H2,1H3. The molecule has 1 amide bonds. The van der Waals surface area contributed by atoms with Gasteiger partial charge in [-0.05, 0) is 18.6 Å². The van der Waals surface area contributed by atoms with Crippen LogP contribution in [0.15, 0.2) is 41.8 Å². The number of aromatic nitrogens is 3. The highest BCUT2D eigenvalue weighted by Crippen LogP contribution is 2.21. The molecule has 0 spiro atoms. The first-order valence-electron chi connectivity index (χ1n) is 8.62. The van der Waals surface area contributed by atoms with Crippen LogP contribution in [-0.2, 0) is 19.5 Å². The Labute approximate surface area is 155 Å². The minimum atomic E-state index is -0.601. The van der Waals surface area contributed by atoms with Crippen molar-refractivity contribution in [3.8, 4) is 0 Å². The van der Waals surface area contributed by atoms with Gasteiger partial charge in [-0.1, -0.05) is 30.3 Å². The van der Waals surface area contributed by atoms with Crippen molar-refractivity contribution in [3.05, 3.63) is 69.4 Å². The Balaban J connectivity index is 1.46. The Morgan fingerprint density at radius 1 is 1.31 bits per heavy atom. The van der Waals surface area contributed by atoms with Crippen LogP contribution in [0.1, 0.15) is 45.5 Å². The van der Waals surface area contributed by atoms with Gasteiger partial charge in [0.25, 0.3) is 5.91 Å². The van der Waals surface area contributed by atoms with Gasteiger partial charge in [-0.15, -0.1) is 11.3 Å². The maximum atomic E-state index is 12.8. The number of carbonyl (C=O) groups excluding carboxylic acids is 1. The summed E-state index contributed by atoms with van der Waals surface area (Å²) in [6.45, 7) is 3.41. The maximum absolute atomic E-state index is 12.8. The number of aliphatic hydroxyl groups is 1. The SMILES string of the molecule is CC(O)c1cc2n(n1)CCN(C(=O)c1csc(Cc3ccccc3)n1)C2. The summed E-state index contributed by atoms with van der Waals surface area (Å²) >= 11 is 1.52. The predicted octanol–water partition coefficient (Wildman–Crippen LogP) is 2.64. The topological polar surface area (TPSA) is 71.2 Å². The van der Waals surface area contributed by atoms with Gasteiger partial charge in [0.2, 0.25) is 0 Å². The highest BCUT2D eigenvalue weighted by Gasteiger charge is 2.25. The lowest BCUT2D eigenvalue weighted by molar-refractivity contribution is 0.0700. The van der Waals surface area contributed by atoms with Gasteiger partial charge in [-0.25, -0.2) is 4.98 Å². The smallest absolute Gasteiger partial charge is 0.273 e. The molecule has 0 saturated carbocycles. The average Bonchev–Trinajstić information content (AvgIpc) is 3.28. The van der Waals surface area contributed by atoms with Crippen molar-refractivity contribution in [1.29, 1.82) is 0 Å². The van der Waals surface area contributed by atoms with E-state index in [1.54, 1.807) is 11.8 Å². The molecule has 0 aliphatic carbocycles. The molecule has 1 atom stereocenters. The second-order valence-electron chi connectivity index (χ2n) is 6.48. The number of nitrogens with zero attached hydrogens (tertiary/aromatic N) is 4. The second kappa shape index (κ2) is 7.01. The minimum absolute atomic E-state index is 0.0494. The molecular weight excluding hydrogens is 348 g/mol. The highest BCUT2D eigenvalue weighted by atomic mass is 32.1. The molecular formula is C19H20N4O2S. The zero-order chi connectivity index (χ0) is 18.1. The summed E-state index contributed by atoms with van der Waals surface area (Å²) < 4.78 is 1.87. The third-order valence-electron chi connectivity index (χ3n) is 4.50. The minimum Gasteiger partial charge on any atom is -0.387 e. The van der Waals surface area contributed by atoms with E-state index in [4.69, 9.17) is 0 Å². The van der Waals surface area contributed by atoms with Crippen LogP contribution in [0.25, 0.3) is 0 Å². The summed E-state index contributed by atoms with van der Waals surface area (Å²) in [6, 6.07) is 12.0. The predicted molar refractivity (Wildman–Crippen MR) is 99.0 cm³/mol. The Morgan fingerprint density at radius 3 is 2.88 bits per heavy atom. The Hall–Kier alpha value is -2.51. The van der Waals surface area contributed by atoms with Crippen LogP contribution in [-0.4, -0.2) is 37.2 Å². The lowest BCUT2D eigenvalue weighted by atomic mass is 10.2. The molecule has 3 aromatic rings. The number of hydrogen-bond acceptors (Lipinski definition) is 5. The number of thiazole rings is 1. The first-order valence-corrected chi connectivity index (χ1v) is 9.50. The van der Waals surface area contributed by atoms with E-state index in [0.717, 1.165) is 17.1 Å². The Bertz CT molecular complexity index is 917. The molecule has 2 aromatic heterocycles. The number of benzene rings is 1. The molecule has 134 valence electrons. The summed E-state index contributed by atoms with van der Waals surface area (Å²) in [7, 11) is 0. The molecule has 0 saturated heterocycles. The number of carbonyl (C=O) groups is 1. The number of rotatable bonds is 4. The van der Waals surface area contributed by atoms with E-state index in [9.17, 15) is 9.90 Å². The fourth-order valence-electron chi connectivity index (χ4n) is 3.09. The van der Waals surface area contributed by atoms with E-state index in [1.165, 1.54) is 16.9 Å². The maximum Gasteiger partial charge on any atom is 0.273 e. The second-order valence-corrected chi connectivity index (χ2v) is 7.42. The van der Waals surface area contributed by atoms with Crippen LogP contribution < -0.4 is 0 Å². The van der Waals surface area contributed by atoms with Crippen LogP contribution in [0, 0.1) is 0 Å². The van der Waals surface area contributed by atoms with Crippen molar-refractivity contribution >= 4 is 17.2 Å². The number of amides is 1. The summed E-state index contributed by atoms with van der Waals surface area (Å²) in [5.41, 5.74) is 3.28. The molecule has 4 rings (SSSR count). The van der Waals surface area contributed by atoms with Crippen LogP contribution >= 0.6 is 11.3 Å². The zero-order valence-electron chi connectivity index (χ0n) is 14.5. The van der Waals surface area contributed by atoms with Crippen molar-refractivity contribution in [2.24, 2.45) is 0 Å². The molecule has 1 aromatic carbocycles. The normalized spacial score (nSPS) is 14.9. The van der Waals surface area contributed by atoms with E-state index in [2.05, 4.69) is 22.2 Å². The molecule has 1 aliphatic rings. The quantitative estimate of drug-likeness (QED) is 0.768. The first kappa shape index (κ1) is 16.9. The molecule has 0 fully saturated rings.